The van der Waals surface area contributed by atoms with Crippen LogP contribution in [-0.2, 0) is 10.0 Å². The van der Waals surface area contributed by atoms with E-state index in [1.165, 1.54) is 0 Å². The molecule has 0 spiro atoms. The van der Waals surface area contributed by atoms with Gasteiger partial charge in [-0.2, -0.15) is 4.31 Å². The number of rotatable bonds is 5. The van der Waals surface area contributed by atoms with Gasteiger partial charge in [-0.05, 0) is 24.9 Å². The molecule has 0 bridgehead atoms. The molecule has 1 atom stereocenters. The van der Waals surface area contributed by atoms with Gasteiger partial charge in [0, 0.05) is 19.2 Å². The number of nitro groups is 1. The van der Waals surface area contributed by atoms with E-state index < -0.39 is 37.1 Å². The van der Waals surface area contributed by atoms with Crippen LogP contribution >= 0.6 is 12.4 Å². The standard InChI is InChI=1S/C12H16FN3O5S.ClH/c1-21-12-10(13)4-9(5-11(12)16(17)18)22(19,20)15-3-2-8(6-14)7-15;/h4-5,8H,2-3,6-7,14H2,1H3;1H. The lowest BCUT2D eigenvalue weighted by atomic mass is 10.1. The van der Waals surface area contributed by atoms with Crippen molar-refractivity contribution in [3.8, 4) is 5.75 Å². The highest BCUT2D eigenvalue weighted by Gasteiger charge is 2.34. The molecular formula is C12H17ClFN3O5S. The third-order valence-corrected chi connectivity index (χ3v) is 5.46. The molecule has 11 heteroatoms. The summed E-state index contributed by atoms with van der Waals surface area (Å²) in [5.41, 5.74) is 4.79. The lowest BCUT2D eigenvalue weighted by Crippen LogP contribution is -2.30. The molecule has 1 fully saturated rings. The third-order valence-electron chi connectivity index (χ3n) is 3.62. The molecule has 1 saturated heterocycles. The lowest BCUT2D eigenvalue weighted by molar-refractivity contribution is -0.386. The highest BCUT2D eigenvalue weighted by molar-refractivity contribution is 7.89. The van der Waals surface area contributed by atoms with Crippen molar-refractivity contribution in [3.63, 3.8) is 0 Å². The van der Waals surface area contributed by atoms with Crippen LogP contribution in [-0.4, -0.2) is 44.4 Å². The van der Waals surface area contributed by atoms with Crippen LogP contribution in [0.25, 0.3) is 0 Å². The van der Waals surface area contributed by atoms with Crippen LogP contribution in [0.2, 0.25) is 0 Å². The molecule has 1 aliphatic heterocycles. The highest BCUT2D eigenvalue weighted by atomic mass is 35.5. The van der Waals surface area contributed by atoms with Crippen LogP contribution in [0.15, 0.2) is 17.0 Å². The Bertz CT molecular complexity index is 700. The van der Waals surface area contributed by atoms with E-state index >= 15 is 0 Å². The molecular weight excluding hydrogens is 353 g/mol. The number of benzene rings is 1. The summed E-state index contributed by atoms with van der Waals surface area (Å²) in [6, 6.07) is 1.55. The number of nitrogens with two attached hydrogens (primary N) is 1. The molecule has 2 rings (SSSR count). The average Bonchev–Trinajstić information content (AvgIpc) is 2.95. The molecule has 0 aliphatic carbocycles. The normalized spacial score (nSPS) is 18.5. The second-order valence-electron chi connectivity index (χ2n) is 4.97. The van der Waals surface area contributed by atoms with Gasteiger partial charge in [-0.25, -0.2) is 12.8 Å². The van der Waals surface area contributed by atoms with E-state index in [4.69, 9.17) is 5.73 Å². The Morgan fingerprint density at radius 1 is 1.52 bits per heavy atom. The van der Waals surface area contributed by atoms with Gasteiger partial charge < -0.3 is 10.5 Å². The van der Waals surface area contributed by atoms with Gasteiger partial charge in [0.1, 0.15) is 0 Å². The first-order chi connectivity index (χ1) is 10.3. The highest BCUT2D eigenvalue weighted by Crippen LogP contribution is 2.34. The van der Waals surface area contributed by atoms with Crippen molar-refractivity contribution < 1.29 is 22.5 Å². The first kappa shape index (κ1) is 19.6. The lowest BCUT2D eigenvalue weighted by Gasteiger charge is -2.16. The number of halogens is 2. The summed E-state index contributed by atoms with van der Waals surface area (Å²) in [7, 11) is -2.93. The van der Waals surface area contributed by atoms with E-state index in [9.17, 15) is 22.9 Å². The van der Waals surface area contributed by atoms with Gasteiger partial charge in [0.15, 0.2) is 5.82 Å². The predicted octanol–water partition coefficient (Wildman–Crippen LogP) is 1.13. The summed E-state index contributed by atoms with van der Waals surface area (Å²) < 4.78 is 44.6. The van der Waals surface area contributed by atoms with Gasteiger partial charge in [-0.3, -0.25) is 10.1 Å². The molecule has 1 aromatic rings. The summed E-state index contributed by atoms with van der Waals surface area (Å²) >= 11 is 0. The maximum atomic E-state index is 13.9. The van der Waals surface area contributed by atoms with Crippen LogP contribution in [0.3, 0.4) is 0 Å². The first-order valence-corrected chi connectivity index (χ1v) is 7.97. The Morgan fingerprint density at radius 3 is 2.65 bits per heavy atom. The van der Waals surface area contributed by atoms with Gasteiger partial charge in [0.25, 0.3) is 0 Å². The SMILES string of the molecule is COc1c(F)cc(S(=O)(=O)N2CCC(CN)C2)cc1[N+](=O)[O-].Cl. The second-order valence-corrected chi connectivity index (χ2v) is 6.91. The quantitative estimate of drug-likeness (QED) is 0.614. The molecule has 0 saturated carbocycles. The number of ether oxygens (including phenoxy) is 1. The van der Waals surface area contributed by atoms with E-state index in [0.29, 0.717) is 13.0 Å². The van der Waals surface area contributed by atoms with Crippen LogP contribution in [0.1, 0.15) is 6.42 Å². The Kier molecular flexibility index (Phi) is 6.28. The Hall–Kier alpha value is -1.49. The van der Waals surface area contributed by atoms with E-state index in [1.54, 1.807) is 0 Å². The number of nitrogens with zero attached hydrogens (tertiary/aromatic N) is 2. The van der Waals surface area contributed by atoms with E-state index in [-0.39, 0.29) is 31.4 Å². The van der Waals surface area contributed by atoms with Crippen molar-refractivity contribution in [2.75, 3.05) is 26.7 Å². The Balaban J connectivity index is 0.00000264. The predicted molar refractivity (Wildman–Crippen MR) is 82.8 cm³/mol. The topological polar surface area (TPSA) is 116 Å². The van der Waals surface area contributed by atoms with E-state index in [2.05, 4.69) is 4.74 Å². The molecule has 1 aromatic carbocycles. The zero-order valence-corrected chi connectivity index (χ0v) is 13.9. The van der Waals surface area contributed by atoms with Crippen molar-refractivity contribution in [2.24, 2.45) is 11.7 Å². The minimum absolute atomic E-state index is 0. The van der Waals surface area contributed by atoms with Crippen molar-refractivity contribution in [2.45, 2.75) is 11.3 Å². The third kappa shape index (κ3) is 3.71. The van der Waals surface area contributed by atoms with Crippen LogP contribution in [0.5, 0.6) is 5.75 Å². The maximum absolute atomic E-state index is 13.9. The number of sulfonamides is 1. The van der Waals surface area contributed by atoms with Gasteiger partial charge in [0.05, 0.1) is 16.9 Å². The molecule has 130 valence electrons. The molecule has 8 nitrogen and oxygen atoms in total. The Morgan fingerprint density at radius 2 is 2.17 bits per heavy atom. The fourth-order valence-electron chi connectivity index (χ4n) is 2.40. The number of hydrogen-bond donors (Lipinski definition) is 1. The molecule has 23 heavy (non-hydrogen) atoms. The summed E-state index contributed by atoms with van der Waals surface area (Å²) in [6.07, 6.45) is 0.608. The second kappa shape index (κ2) is 7.39. The first-order valence-electron chi connectivity index (χ1n) is 6.53. The van der Waals surface area contributed by atoms with Gasteiger partial charge in [-0.1, -0.05) is 0 Å². The molecule has 1 aliphatic rings. The van der Waals surface area contributed by atoms with Crippen LogP contribution in [0, 0.1) is 21.8 Å². The van der Waals surface area contributed by atoms with Gasteiger partial charge in [0.2, 0.25) is 15.8 Å². The van der Waals surface area contributed by atoms with Crippen LogP contribution < -0.4 is 10.5 Å². The number of hydrogen-bond acceptors (Lipinski definition) is 6. The van der Waals surface area contributed by atoms with Crippen molar-refractivity contribution in [1.29, 1.82) is 0 Å². The number of methoxy groups -OCH3 is 1. The molecule has 0 radical (unpaired) electrons. The minimum Gasteiger partial charge on any atom is -0.488 e. The van der Waals surface area contributed by atoms with Gasteiger partial charge >= 0.3 is 5.69 Å². The summed E-state index contributed by atoms with van der Waals surface area (Å²) in [6.45, 7) is 0.828. The molecule has 0 amide bonds. The van der Waals surface area contributed by atoms with Crippen molar-refractivity contribution in [3.05, 3.63) is 28.1 Å². The van der Waals surface area contributed by atoms with Gasteiger partial charge in [-0.15, -0.1) is 12.4 Å². The molecule has 1 heterocycles. The molecule has 1 unspecified atom stereocenters. The fourth-order valence-corrected chi connectivity index (χ4v) is 3.96. The fraction of sp³-hybridized carbons (Fsp3) is 0.500. The maximum Gasteiger partial charge on any atom is 0.315 e. The smallest absolute Gasteiger partial charge is 0.315 e. The van der Waals surface area contributed by atoms with Crippen molar-refractivity contribution >= 4 is 28.1 Å². The molecule has 2 N–H and O–H groups in total. The summed E-state index contributed by atoms with van der Waals surface area (Å²) in [5, 5.41) is 11.0. The van der Waals surface area contributed by atoms with E-state index in [0.717, 1.165) is 23.5 Å². The zero-order chi connectivity index (χ0) is 16.5. The minimum atomic E-state index is -4.01. The van der Waals surface area contributed by atoms with Crippen molar-refractivity contribution in [1.82, 2.24) is 4.31 Å². The van der Waals surface area contributed by atoms with E-state index in [1.807, 2.05) is 0 Å². The zero-order valence-electron chi connectivity index (χ0n) is 12.3. The Labute approximate surface area is 139 Å². The summed E-state index contributed by atoms with van der Waals surface area (Å²) in [4.78, 5) is 9.62. The number of nitro benzene ring substituents is 1. The largest absolute Gasteiger partial charge is 0.488 e. The molecule has 0 aromatic heterocycles. The summed E-state index contributed by atoms with van der Waals surface area (Å²) in [5.74, 6) is -1.65. The average molecular weight is 370 g/mol. The van der Waals surface area contributed by atoms with Crippen LogP contribution in [0.4, 0.5) is 10.1 Å². The monoisotopic (exact) mass is 369 g/mol.